The van der Waals surface area contributed by atoms with Gasteiger partial charge in [-0.3, -0.25) is 4.79 Å². The van der Waals surface area contributed by atoms with Crippen molar-refractivity contribution < 1.29 is 4.79 Å². The number of likely N-dealkylation sites (tertiary alicyclic amines) is 1. The van der Waals surface area contributed by atoms with Gasteiger partial charge in [-0.05, 0) is 24.3 Å². The lowest BCUT2D eigenvalue weighted by atomic mass is 9.93. The highest BCUT2D eigenvalue weighted by molar-refractivity contribution is 5.82. The van der Waals surface area contributed by atoms with Crippen LogP contribution in [0.2, 0.25) is 0 Å². The summed E-state index contributed by atoms with van der Waals surface area (Å²) in [6.45, 7) is 9.19. The van der Waals surface area contributed by atoms with Crippen molar-refractivity contribution in [1.29, 1.82) is 0 Å². The van der Waals surface area contributed by atoms with Gasteiger partial charge in [0.15, 0.2) is 0 Å². The first kappa shape index (κ1) is 14.1. The largest absolute Gasteiger partial charge is 0.339 e. The van der Waals surface area contributed by atoms with Gasteiger partial charge in [-0.15, -0.1) is 0 Å². The Labute approximate surface area is 116 Å². The first-order valence-corrected chi connectivity index (χ1v) is 7.23. The van der Waals surface area contributed by atoms with E-state index in [-0.39, 0.29) is 11.3 Å². The SMILES string of the molecule is C[C@H]1C[C@@H](Cc2ccccc2)N(C(=O)C(C)(C)C)C1. The minimum atomic E-state index is -0.279. The Morgan fingerprint density at radius 1 is 1.26 bits per heavy atom. The maximum Gasteiger partial charge on any atom is 0.228 e. The van der Waals surface area contributed by atoms with E-state index in [1.807, 2.05) is 26.8 Å². The van der Waals surface area contributed by atoms with Crippen molar-refractivity contribution in [3.63, 3.8) is 0 Å². The van der Waals surface area contributed by atoms with Gasteiger partial charge in [-0.2, -0.15) is 0 Å². The third kappa shape index (κ3) is 3.37. The zero-order chi connectivity index (χ0) is 14.0. The fourth-order valence-corrected chi connectivity index (χ4v) is 2.91. The molecule has 19 heavy (non-hydrogen) atoms. The number of nitrogens with zero attached hydrogens (tertiary/aromatic N) is 1. The van der Waals surface area contributed by atoms with Crippen LogP contribution in [-0.4, -0.2) is 23.4 Å². The van der Waals surface area contributed by atoms with Crippen LogP contribution in [0.1, 0.15) is 39.7 Å². The zero-order valence-electron chi connectivity index (χ0n) is 12.5. The molecule has 2 atom stereocenters. The van der Waals surface area contributed by atoms with Crippen LogP contribution in [0.5, 0.6) is 0 Å². The summed E-state index contributed by atoms with van der Waals surface area (Å²) in [6.07, 6.45) is 2.10. The van der Waals surface area contributed by atoms with Crippen LogP contribution in [0.3, 0.4) is 0 Å². The summed E-state index contributed by atoms with van der Waals surface area (Å²) in [5.74, 6) is 0.901. The number of carbonyl (C=O) groups is 1. The molecule has 0 unspecified atom stereocenters. The molecule has 1 fully saturated rings. The Morgan fingerprint density at radius 3 is 2.47 bits per heavy atom. The highest BCUT2D eigenvalue weighted by Gasteiger charge is 2.37. The fraction of sp³-hybridized carbons (Fsp3) is 0.588. The highest BCUT2D eigenvalue weighted by atomic mass is 16.2. The second-order valence-electron chi connectivity index (χ2n) is 6.89. The monoisotopic (exact) mass is 259 g/mol. The van der Waals surface area contributed by atoms with Gasteiger partial charge in [-0.25, -0.2) is 0 Å². The molecule has 0 bridgehead atoms. The van der Waals surface area contributed by atoms with Gasteiger partial charge >= 0.3 is 0 Å². The van der Waals surface area contributed by atoms with Crippen LogP contribution in [-0.2, 0) is 11.2 Å². The van der Waals surface area contributed by atoms with E-state index in [1.165, 1.54) is 5.56 Å². The Morgan fingerprint density at radius 2 is 1.89 bits per heavy atom. The highest BCUT2D eigenvalue weighted by Crippen LogP contribution is 2.30. The second kappa shape index (κ2) is 5.36. The molecular weight excluding hydrogens is 234 g/mol. The molecule has 0 aromatic heterocycles. The molecule has 2 nitrogen and oxygen atoms in total. The minimum absolute atomic E-state index is 0.279. The van der Waals surface area contributed by atoms with E-state index in [9.17, 15) is 4.79 Å². The van der Waals surface area contributed by atoms with Crippen LogP contribution in [0.25, 0.3) is 0 Å². The quantitative estimate of drug-likeness (QED) is 0.796. The number of benzene rings is 1. The smallest absolute Gasteiger partial charge is 0.228 e. The van der Waals surface area contributed by atoms with Crippen LogP contribution in [0, 0.1) is 11.3 Å². The Hall–Kier alpha value is -1.31. The third-order valence-corrected chi connectivity index (χ3v) is 3.84. The average Bonchev–Trinajstić information content (AvgIpc) is 2.69. The molecule has 1 amide bonds. The van der Waals surface area contributed by atoms with Gasteiger partial charge in [-0.1, -0.05) is 58.0 Å². The van der Waals surface area contributed by atoms with E-state index in [0.29, 0.717) is 12.0 Å². The Balaban J connectivity index is 2.12. The van der Waals surface area contributed by atoms with Crippen LogP contribution < -0.4 is 0 Å². The fourth-order valence-electron chi connectivity index (χ4n) is 2.91. The van der Waals surface area contributed by atoms with Gasteiger partial charge in [0, 0.05) is 18.0 Å². The molecule has 104 valence electrons. The molecule has 0 N–H and O–H groups in total. The number of carbonyl (C=O) groups excluding carboxylic acids is 1. The normalized spacial score (nSPS) is 23.7. The summed E-state index contributed by atoms with van der Waals surface area (Å²) < 4.78 is 0. The molecule has 0 saturated carbocycles. The molecule has 1 heterocycles. The maximum absolute atomic E-state index is 12.5. The van der Waals surface area contributed by atoms with Crippen molar-refractivity contribution in [2.45, 2.75) is 46.6 Å². The number of hydrogen-bond donors (Lipinski definition) is 0. The van der Waals surface area contributed by atoms with Gasteiger partial charge < -0.3 is 4.90 Å². The average molecular weight is 259 g/mol. The molecule has 1 aromatic rings. The maximum atomic E-state index is 12.5. The second-order valence-corrected chi connectivity index (χ2v) is 6.89. The van der Waals surface area contributed by atoms with E-state index >= 15 is 0 Å². The topological polar surface area (TPSA) is 20.3 Å². The lowest BCUT2D eigenvalue weighted by molar-refractivity contribution is -0.140. The van der Waals surface area contributed by atoms with Crippen LogP contribution >= 0.6 is 0 Å². The first-order chi connectivity index (χ1) is 8.88. The molecule has 1 aliphatic rings. The molecule has 2 heteroatoms. The minimum Gasteiger partial charge on any atom is -0.339 e. The van der Waals surface area contributed by atoms with Crippen molar-refractivity contribution >= 4 is 5.91 Å². The van der Waals surface area contributed by atoms with E-state index in [1.54, 1.807) is 0 Å². The predicted octanol–water partition coefficient (Wildman–Crippen LogP) is 3.51. The van der Waals surface area contributed by atoms with E-state index in [0.717, 1.165) is 19.4 Å². The van der Waals surface area contributed by atoms with Gasteiger partial charge in [0.25, 0.3) is 0 Å². The van der Waals surface area contributed by atoms with E-state index in [4.69, 9.17) is 0 Å². The Bertz CT molecular complexity index is 432. The first-order valence-electron chi connectivity index (χ1n) is 7.23. The van der Waals surface area contributed by atoms with Crippen molar-refractivity contribution in [3.8, 4) is 0 Å². The number of rotatable bonds is 2. The van der Waals surface area contributed by atoms with Gasteiger partial charge in [0.2, 0.25) is 5.91 Å². The lowest BCUT2D eigenvalue weighted by Crippen LogP contribution is -2.43. The molecule has 0 radical (unpaired) electrons. The van der Waals surface area contributed by atoms with Crippen LogP contribution in [0.15, 0.2) is 30.3 Å². The summed E-state index contributed by atoms with van der Waals surface area (Å²) >= 11 is 0. The predicted molar refractivity (Wildman–Crippen MR) is 78.9 cm³/mol. The van der Waals surface area contributed by atoms with Crippen molar-refractivity contribution in [2.24, 2.45) is 11.3 Å². The van der Waals surface area contributed by atoms with Crippen molar-refractivity contribution in [3.05, 3.63) is 35.9 Å². The molecule has 2 rings (SSSR count). The molecule has 0 spiro atoms. The third-order valence-electron chi connectivity index (χ3n) is 3.84. The summed E-state index contributed by atoms with van der Waals surface area (Å²) in [5, 5.41) is 0. The lowest BCUT2D eigenvalue weighted by Gasteiger charge is -2.31. The molecule has 1 aliphatic heterocycles. The van der Waals surface area contributed by atoms with Gasteiger partial charge in [0.05, 0.1) is 0 Å². The Kier molecular flexibility index (Phi) is 3.98. The summed E-state index contributed by atoms with van der Waals surface area (Å²) in [4.78, 5) is 14.6. The van der Waals surface area contributed by atoms with E-state index < -0.39 is 0 Å². The number of hydrogen-bond acceptors (Lipinski definition) is 1. The summed E-state index contributed by atoms with van der Waals surface area (Å²) in [5.41, 5.74) is 1.05. The van der Waals surface area contributed by atoms with Crippen molar-refractivity contribution in [2.75, 3.05) is 6.54 Å². The summed E-state index contributed by atoms with van der Waals surface area (Å²) in [7, 11) is 0. The van der Waals surface area contributed by atoms with E-state index in [2.05, 4.69) is 36.1 Å². The zero-order valence-corrected chi connectivity index (χ0v) is 12.5. The molecule has 0 aliphatic carbocycles. The molecule has 1 saturated heterocycles. The molecule has 1 aromatic carbocycles. The van der Waals surface area contributed by atoms with Crippen LogP contribution in [0.4, 0.5) is 0 Å². The summed E-state index contributed by atoms with van der Waals surface area (Å²) in [6, 6.07) is 10.9. The number of amides is 1. The van der Waals surface area contributed by atoms with Crippen molar-refractivity contribution in [1.82, 2.24) is 4.90 Å². The molecular formula is C17H25NO. The van der Waals surface area contributed by atoms with Gasteiger partial charge in [0.1, 0.15) is 0 Å². The standard InChI is InChI=1S/C17H25NO/c1-13-10-15(11-14-8-6-5-7-9-14)18(12-13)16(19)17(2,3)4/h5-9,13,15H,10-12H2,1-4H3/t13-,15-/m0/s1.